The van der Waals surface area contributed by atoms with Gasteiger partial charge in [0.25, 0.3) is 0 Å². The molecular formula is C19H19FN4OS. The zero-order chi connectivity index (χ0) is 17.9. The standard InChI is InChI=1S/C19H19FN4OS/c20-16-3-5-24(6-4-16)11-19(25)23-18-8-15-7-13(17-10-21-12-26-17)1-2-14(15)9-22-18/h1-2,7-10,12,16H,3-6,11H2,(H,22,23,25). The molecule has 1 aromatic carbocycles. The molecule has 1 aliphatic heterocycles. The summed E-state index contributed by atoms with van der Waals surface area (Å²) in [6, 6.07) is 8.02. The molecule has 0 aliphatic carbocycles. The van der Waals surface area contributed by atoms with E-state index in [2.05, 4.69) is 21.4 Å². The fourth-order valence-corrected chi connectivity index (χ4v) is 3.79. The molecule has 1 amide bonds. The van der Waals surface area contributed by atoms with E-state index in [0.717, 1.165) is 21.2 Å². The average molecular weight is 370 g/mol. The molecule has 1 saturated heterocycles. The second-order valence-corrected chi connectivity index (χ2v) is 7.38. The number of nitrogens with one attached hydrogen (secondary N) is 1. The van der Waals surface area contributed by atoms with Gasteiger partial charge in [0.05, 0.1) is 16.9 Å². The number of rotatable bonds is 4. The lowest BCUT2D eigenvalue weighted by molar-refractivity contribution is -0.117. The Kier molecular flexibility index (Phi) is 4.90. The van der Waals surface area contributed by atoms with Crippen LogP contribution >= 0.6 is 11.3 Å². The van der Waals surface area contributed by atoms with Gasteiger partial charge >= 0.3 is 0 Å². The zero-order valence-electron chi connectivity index (χ0n) is 14.2. The Bertz CT molecular complexity index is 907. The van der Waals surface area contributed by atoms with Crippen molar-refractivity contribution in [2.45, 2.75) is 19.0 Å². The summed E-state index contributed by atoms with van der Waals surface area (Å²) in [6.45, 7) is 1.52. The van der Waals surface area contributed by atoms with Crippen molar-refractivity contribution in [1.29, 1.82) is 0 Å². The summed E-state index contributed by atoms with van der Waals surface area (Å²) in [5.74, 6) is 0.414. The number of carbonyl (C=O) groups is 1. The first-order valence-corrected chi connectivity index (χ1v) is 9.50. The highest BCUT2D eigenvalue weighted by molar-refractivity contribution is 7.13. The molecule has 0 spiro atoms. The van der Waals surface area contributed by atoms with Gasteiger partial charge in [-0.25, -0.2) is 9.37 Å². The minimum atomic E-state index is -0.732. The molecule has 26 heavy (non-hydrogen) atoms. The molecule has 0 radical (unpaired) electrons. The van der Waals surface area contributed by atoms with Crippen LogP contribution < -0.4 is 5.32 Å². The molecular weight excluding hydrogens is 351 g/mol. The molecule has 1 N–H and O–H groups in total. The molecule has 0 unspecified atom stereocenters. The molecule has 3 aromatic rings. The van der Waals surface area contributed by atoms with Gasteiger partial charge in [0.1, 0.15) is 12.0 Å². The third kappa shape index (κ3) is 3.89. The lowest BCUT2D eigenvalue weighted by atomic mass is 10.1. The summed E-state index contributed by atoms with van der Waals surface area (Å²) < 4.78 is 13.2. The van der Waals surface area contributed by atoms with Crippen LogP contribution in [0.4, 0.5) is 10.2 Å². The van der Waals surface area contributed by atoms with Crippen LogP contribution in [0.5, 0.6) is 0 Å². The number of aromatic nitrogens is 2. The predicted molar refractivity (Wildman–Crippen MR) is 102 cm³/mol. The molecule has 1 aliphatic rings. The van der Waals surface area contributed by atoms with E-state index >= 15 is 0 Å². The van der Waals surface area contributed by atoms with Gasteiger partial charge < -0.3 is 5.32 Å². The Balaban J connectivity index is 1.47. The number of hydrogen-bond acceptors (Lipinski definition) is 5. The van der Waals surface area contributed by atoms with Crippen molar-refractivity contribution in [3.05, 3.63) is 42.2 Å². The summed E-state index contributed by atoms with van der Waals surface area (Å²) in [5, 5.41) is 4.88. The van der Waals surface area contributed by atoms with E-state index in [4.69, 9.17) is 0 Å². The van der Waals surface area contributed by atoms with E-state index in [1.54, 1.807) is 17.5 Å². The van der Waals surface area contributed by atoms with E-state index in [-0.39, 0.29) is 12.5 Å². The predicted octanol–water partition coefficient (Wildman–Crippen LogP) is 3.73. The maximum atomic E-state index is 13.2. The van der Waals surface area contributed by atoms with Crippen molar-refractivity contribution >= 4 is 33.8 Å². The van der Waals surface area contributed by atoms with Gasteiger partial charge in [0.2, 0.25) is 5.91 Å². The minimum Gasteiger partial charge on any atom is -0.310 e. The van der Waals surface area contributed by atoms with Crippen molar-refractivity contribution in [2.24, 2.45) is 0 Å². The molecule has 0 bridgehead atoms. The summed E-state index contributed by atoms with van der Waals surface area (Å²) in [6.07, 6.45) is 3.87. The number of amides is 1. The van der Waals surface area contributed by atoms with E-state index in [1.165, 1.54) is 0 Å². The van der Waals surface area contributed by atoms with Crippen molar-refractivity contribution in [1.82, 2.24) is 14.9 Å². The SMILES string of the molecule is O=C(CN1CCC(F)CC1)Nc1cc2cc(-c3cncs3)ccc2cn1. The van der Waals surface area contributed by atoms with E-state index in [0.29, 0.717) is 31.7 Å². The Hall–Kier alpha value is -2.38. The maximum Gasteiger partial charge on any atom is 0.239 e. The molecule has 0 saturated carbocycles. The normalized spacial score (nSPS) is 16.0. The van der Waals surface area contributed by atoms with Crippen molar-refractivity contribution in [3.8, 4) is 10.4 Å². The van der Waals surface area contributed by atoms with Crippen molar-refractivity contribution in [2.75, 3.05) is 25.0 Å². The van der Waals surface area contributed by atoms with Crippen LogP contribution in [0.25, 0.3) is 21.2 Å². The van der Waals surface area contributed by atoms with Crippen LogP contribution in [0.1, 0.15) is 12.8 Å². The number of thiazole rings is 1. The fourth-order valence-electron chi connectivity index (χ4n) is 3.17. The number of carbonyl (C=O) groups excluding carboxylic acids is 1. The number of fused-ring (bicyclic) bond motifs is 1. The molecule has 5 nitrogen and oxygen atoms in total. The molecule has 134 valence electrons. The highest BCUT2D eigenvalue weighted by Gasteiger charge is 2.20. The largest absolute Gasteiger partial charge is 0.310 e. The third-order valence-electron chi connectivity index (χ3n) is 4.59. The van der Waals surface area contributed by atoms with Gasteiger partial charge in [-0.1, -0.05) is 12.1 Å². The highest BCUT2D eigenvalue weighted by Crippen LogP contribution is 2.27. The smallest absolute Gasteiger partial charge is 0.239 e. The van der Waals surface area contributed by atoms with Crippen LogP contribution in [0.2, 0.25) is 0 Å². The summed E-state index contributed by atoms with van der Waals surface area (Å²) in [5.41, 5.74) is 2.90. The van der Waals surface area contributed by atoms with Crippen LogP contribution in [0.3, 0.4) is 0 Å². The summed E-state index contributed by atoms with van der Waals surface area (Å²) in [4.78, 5) is 23.8. The van der Waals surface area contributed by atoms with E-state index in [9.17, 15) is 9.18 Å². The Labute approximate surface area is 154 Å². The van der Waals surface area contributed by atoms with E-state index in [1.807, 2.05) is 34.8 Å². The fraction of sp³-hybridized carbons (Fsp3) is 0.316. The number of anilines is 1. The van der Waals surface area contributed by atoms with E-state index < -0.39 is 6.17 Å². The molecule has 1 fully saturated rings. The summed E-state index contributed by atoms with van der Waals surface area (Å²) in [7, 11) is 0. The second kappa shape index (κ2) is 7.47. The number of pyridine rings is 1. The number of nitrogens with zero attached hydrogens (tertiary/aromatic N) is 3. The third-order valence-corrected chi connectivity index (χ3v) is 5.41. The molecule has 2 aromatic heterocycles. The van der Waals surface area contributed by atoms with Crippen LogP contribution in [-0.2, 0) is 4.79 Å². The monoisotopic (exact) mass is 370 g/mol. The number of alkyl halides is 1. The van der Waals surface area contributed by atoms with Gasteiger partial charge in [-0.2, -0.15) is 0 Å². The molecule has 3 heterocycles. The van der Waals surface area contributed by atoms with Gasteiger partial charge in [-0.05, 0) is 35.9 Å². The van der Waals surface area contributed by atoms with Gasteiger partial charge in [-0.3, -0.25) is 14.7 Å². The van der Waals surface area contributed by atoms with Crippen molar-refractivity contribution in [3.63, 3.8) is 0 Å². The highest BCUT2D eigenvalue weighted by atomic mass is 32.1. The topological polar surface area (TPSA) is 58.1 Å². The summed E-state index contributed by atoms with van der Waals surface area (Å²) >= 11 is 1.59. The van der Waals surface area contributed by atoms with Crippen LogP contribution in [0, 0.1) is 0 Å². The zero-order valence-corrected chi connectivity index (χ0v) is 15.0. The van der Waals surface area contributed by atoms with Crippen molar-refractivity contribution < 1.29 is 9.18 Å². The second-order valence-electron chi connectivity index (χ2n) is 6.50. The minimum absolute atomic E-state index is 0.118. The number of piperidine rings is 1. The quantitative estimate of drug-likeness (QED) is 0.760. The number of halogens is 1. The molecule has 0 atom stereocenters. The van der Waals surface area contributed by atoms with Gasteiger partial charge in [0.15, 0.2) is 0 Å². The first-order chi connectivity index (χ1) is 12.7. The number of likely N-dealkylation sites (tertiary alicyclic amines) is 1. The average Bonchev–Trinajstić information content (AvgIpc) is 3.18. The maximum absolute atomic E-state index is 13.2. The number of benzene rings is 1. The first kappa shape index (κ1) is 17.1. The number of hydrogen-bond donors (Lipinski definition) is 1. The van der Waals surface area contributed by atoms with Gasteiger partial charge in [0, 0.05) is 30.9 Å². The molecule has 7 heteroatoms. The lowest BCUT2D eigenvalue weighted by Crippen LogP contribution is -2.39. The molecule has 4 rings (SSSR count). The van der Waals surface area contributed by atoms with Gasteiger partial charge in [-0.15, -0.1) is 11.3 Å². The van der Waals surface area contributed by atoms with Crippen LogP contribution in [0.15, 0.2) is 42.2 Å². The van der Waals surface area contributed by atoms with Crippen LogP contribution in [-0.4, -0.2) is 46.6 Å². The Morgan fingerprint density at radius 1 is 1.23 bits per heavy atom. The first-order valence-electron chi connectivity index (χ1n) is 8.62. The lowest BCUT2D eigenvalue weighted by Gasteiger charge is -2.27. The Morgan fingerprint density at radius 3 is 2.85 bits per heavy atom. The Morgan fingerprint density at radius 2 is 2.08 bits per heavy atom.